The Bertz CT molecular complexity index is 1020. The smallest absolute Gasteiger partial charge is 0.198 e. The van der Waals surface area contributed by atoms with Crippen molar-refractivity contribution in [3.63, 3.8) is 0 Å². The van der Waals surface area contributed by atoms with Crippen LogP contribution in [0.2, 0.25) is 0 Å². The van der Waals surface area contributed by atoms with Gasteiger partial charge in [-0.25, -0.2) is 15.0 Å². The van der Waals surface area contributed by atoms with Crippen LogP contribution < -0.4 is 0 Å². The molecule has 0 aliphatic carbocycles. The first-order chi connectivity index (χ1) is 11.8. The Morgan fingerprint density at radius 2 is 1.58 bits per heavy atom. The van der Waals surface area contributed by atoms with Crippen molar-refractivity contribution >= 4 is 22.3 Å². The van der Waals surface area contributed by atoms with Crippen molar-refractivity contribution in [1.82, 2.24) is 19.5 Å². The zero-order valence-corrected chi connectivity index (χ0v) is 14.0. The maximum atomic E-state index is 4.84. The summed E-state index contributed by atoms with van der Waals surface area (Å²) in [5.74, 6) is 0.965. The third kappa shape index (κ3) is 2.44. The van der Waals surface area contributed by atoms with E-state index in [4.69, 9.17) is 15.0 Å². The second-order valence-electron chi connectivity index (χ2n) is 6.12. The van der Waals surface area contributed by atoms with E-state index in [-0.39, 0.29) is 0 Å². The second kappa shape index (κ2) is 6.04. The van der Waals surface area contributed by atoms with Crippen LogP contribution in [0.5, 0.6) is 0 Å². The van der Waals surface area contributed by atoms with Crippen LogP contribution in [0, 0.1) is 6.92 Å². The first-order valence-electron chi connectivity index (χ1n) is 8.47. The molecular formula is C20H20N4. The lowest BCUT2D eigenvalue weighted by Crippen LogP contribution is -2.02. The first-order valence-corrected chi connectivity index (χ1v) is 8.47. The topological polar surface area (TPSA) is 43.6 Å². The molecule has 120 valence electrons. The summed E-state index contributed by atoms with van der Waals surface area (Å²) in [5.41, 5.74) is 5.77. The van der Waals surface area contributed by atoms with Crippen LogP contribution in [0.25, 0.3) is 33.7 Å². The number of aryl methyl sites for hydroxylation is 2. The van der Waals surface area contributed by atoms with Crippen LogP contribution in [0.15, 0.2) is 48.5 Å². The Balaban J connectivity index is 2.01. The van der Waals surface area contributed by atoms with Crippen LogP contribution in [0.4, 0.5) is 0 Å². The van der Waals surface area contributed by atoms with Crippen LogP contribution in [-0.4, -0.2) is 19.5 Å². The summed E-state index contributed by atoms with van der Waals surface area (Å²) in [5, 5.41) is 0. The van der Waals surface area contributed by atoms with Gasteiger partial charge >= 0.3 is 0 Å². The van der Waals surface area contributed by atoms with Gasteiger partial charge in [0, 0.05) is 12.1 Å². The van der Waals surface area contributed by atoms with Gasteiger partial charge in [-0.3, -0.25) is 0 Å². The summed E-state index contributed by atoms with van der Waals surface area (Å²) in [6.45, 7) is 5.23. The van der Waals surface area contributed by atoms with E-state index >= 15 is 0 Å². The molecule has 0 fully saturated rings. The molecule has 4 rings (SSSR count). The maximum Gasteiger partial charge on any atom is 0.198 e. The van der Waals surface area contributed by atoms with Crippen molar-refractivity contribution in [2.75, 3.05) is 0 Å². The Kier molecular flexibility index (Phi) is 3.73. The number of hydrogen-bond donors (Lipinski definition) is 0. The van der Waals surface area contributed by atoms with Crippen molar-refractivity contribution in [3.05, 3.63) is 54.1 Å². The molecule has 0 bridgehead atoms. The highest BCUT2D eigenvalue weighted by molar-refractivity contribution is 5.85. The molecule has 0 aliphatic rings. The molecule has 0 N–H and O–H groups in total. The number of aromatic nitrogens is 4. The van der Waals surface area contributed by atoms with Crippen LogP contribution in [0.1, 0.15) is 25.3 Å². The van der Waals surface area contributed by atoms with Crippen molar-refractivity contribution in [2.45, 2.75) is 33.2 Å². The van der Waals surface area contributed by atoms with Gasteiger partial charge in [-0.1, -0.05) is 49.7 Å². The minimum atomic E-state index is 0.725. The van der Waals surface area contributed by atoms with Gasteiger partial charge in [-0.15, -0.1) is 0 Å². The highest BCUT2D eigenvalue weighted by Crippen LogP contribution is 2.27. The molecule has 2 heterocycles. The normalized spacial score (nSPS) is 11.4. The maximum absolute atomic E-state index is 4.84. The monoisotopic (exact) mass is 316 g/mol. The highest BCUT2D eigenvalue weighted by Gasteiger charge is 2.16. The van der Waals surface area contributed by atoms with Gasteiger partial charge in [-0.2, -0.15) is 0 Å². The van der Waals surface area contributed by atoms with Gasteiger partial charge in [-0.05, 0) is 31.0 Å². The quantitative estimate of drug-likeness (QED) is 0.545. The Labute approximate surface area is 141 Å². The molecular weight excluding hydrogens is 296 g/mol. The summed E-state index contributed by atoms with van der Waals surface area (Å²) in [7, 11) is 0. The third-order valence-electron chi connectivity index (χ3n) is 4.38. The highest BCUT2D eigenvalue weighted by atomic mass is 15.2. The number of hydrogen-bond acceptors (Lipinski definition) is 3. The molecule has 4 heteroatoms. The lowest BCUT2D eigenvalue weighted by Gasteiger charge is -2.09. The Morgan fingerprint density at radius 1 is 0.875 bits per heavy atom. The fourth-order valence-corrected chi connectivity index (χ4v) is 3.06. The average molecular weight is 316 g/mol. The van der Waals surface area contributed by atoms with Gasteiger partial charge in [0.05, 0.1) is 11.0 Å². The molecule has 0 saturated heterocycles. The molecule has 4 aromatic rings. The van der Waals surface area contributed by atoms with Gasteiger partial charge in [0.2, 0.25) is 0 Å². The fourth-order valence-electron chi connectivity index (χ4n) is 3.06. The van der Waals surface area contributed by atoms with Crippen molar-refractivity contribution < 1.29 is 0 Å². The molecule has 2 aromatic carbocycles. The van der Waals surface area contributed by atoms with Crippen LogP contribution >= 0.6 is 0 Å². The van der Waals surface area contributed by atoms with E-state index in [9.17, 15) is 0 Å². The van der Waals surface area contributed by atoms with E-state index < -0.39 is 0 Å². The number of rotatable bonds is 4. The Hall–Kier alpha value is -2.75. The van der Waals surface area contributed by atoms with E-state index in [1.165, 1.54) is 5.56 Å². The number of benzene rings is 2. The van der Waals surface area contributed by atoms with Gasteiger partial charge < -0.3 is 4.57 Å². The zero-order chi connectivity index (χ0) is 16.5. The van der Waals surface area contributed by atoms with E-state index in [0.29, 0.717) is 0 Å². The summed E-state index contributed by atoms with van der Waals surface area (Å²) in [6.07, 6.45) is 2.23. The summed E-state index contributed by atoms with van der Waals surface area (Å²) in [4.78, 5) is 14.4. The van der Waals surface area contributed by atoms with Gasteiger partial charge in [0.25, 0.3) is 0 Å². The third-order valence-corrected chi connectivity index (χ3v) is 4.38. The summed E-state index contributed by atoms with van der Waals surface area (Å²) < 4.78 is 2.22. The van der Waals surface area contributed by atoms with Crippen LogP contribution in [-0.2, 0) is 6.54 Å². The molecule has 0 aliphatic heterocycles. The summed E-state index contributed by atoms with van der Waals surface area (Å²) in [6, 6.07) is 16.3. The molecule has 0 amide bonds. The predicted octanol–water partition coefficient (Wildman–Crippen LogP) is 4.76. The fraction of sp³-hybridized carbons (Fsp3) is 0.250. The minimum Gasteiger partial charge on any atom is -0.307 e. The summed E-state index contributed by atoms with van der Waals surface area (Å²) >= 11 is 0. The molecule has 0 radical (unpaired) electrons. The van der Waals surface area contributed by atoms with Gasteiger partial charge in [0.15, 0.2) is 11.3 Å². The van der Waals surface area contributed by atoms with E-state index in [0.717, 1.165) is 53.1 Å². The zero-order valence-electron chi connectivity index (χ0n) is 14.0. The number of unbranched alkanes of at least 4 members (excludes halogenated alkanes) is 1. The molecule has 0 saturated carbocycles. The molecule has 2 aromatic heterocycles. The van der Waals surface area contributed by atoms with Gasteiger partial charge in [0.1, 0.15) is 5.82 Å². The van der Waals surface area contributed by atoms with Crippen molar-refractivity contribution in [3.8, 4) is 11.4 Å². The first kappa shape index (κ1) is 14.8. The molecule has 0 atom stereocenters. The average Bonchev–Trinajstić information content (AvgIpc) is 2.95. The van der Waals surface area contributed by atoms with E-state index in [1.807, 2.05) is 24.3 Å². The Morgan fingerprint density at radius 3 is 2.33 bits per heavy atom. The number of nitrogens with zero attached hydrogens (tertiary/aromatic N) is 4. The van der Waals surface area contributed by atoms with E-state index in [2.05, 4.69) is 42.7 Å². The van der Waals surface area contributed by atoms with Crippen molar-refractivity contribution in [2.24, 2.45) is 0 Å². The minimum absolute atomic E-state index is 0.725. The number of imidazole rings is 1. The standard InChI is InChI=1S/C20H20N4/c1-3-4-13-24-19(15-10-6-5-9-14(15)2)23-18-20(24)22-17-12-8-7-11-16(17)21-18/h5-12H,3-4,13H2,1-2H3. The molecule has 4 nitrogen and oxygen atoms in total. The van der Waals surface area contributed by atoms with Crippen LogP contribution in [0.3, 0.4) is 0 Å². The second-order valence-corrected chi connectivity index (χ2v) is 6.12. The number of fused-ring (bicyclic) bond motifs is 2. The lowest BCUT2D eigenvalue weighted by atomic mass is 10.1. The molecule has 0 spiro atoms. The van der Waals surface area contributed by atoms with Crippen molar-refractivity contribution in [1.29, 1.82) is 0 Å². The van der Waals surface area contributed by atoms with E-state index in [1.54, 1.807) is 0 Å². The number of para-hydroxylation sites is 2. The lowest BCUT2D eigenvalue weighted by molar-refractivity contribution is 0.647. The predicted molar refractivity (Wildman–Crippen MR) is 97.9 cm³/mol. The largest absolute Gasteiger partial charge is 0.307 e. The molecule has 0 unspecified atom stereocenters. The molecule has 24 heavy (non-hydrogen) atoms. The SMILES string of the molecule is CCCCn1c(-c2ccccc2C)nc2nc3ccccc3nc21.